The number of hydrogen-bond donors (Lipinski definition) is 0. The van der Waals surface area contributed by atoms with Crippen LogP contribution in [0.5, 0.6) is 17.2 Å². The molecule has 0 aliphatic carbocycles. The summed E-state index contributed by atoms with van der Waals surface area (Å²) in [5.74, 6) is 0.751. The second kappa shape index (κ2) is 9.52. The van der Waals surface area contributed by atoms with Crippen LogP contribution in [0, 0.1) is 5.82 Å². The van der Waals surface area contributed by atoms with E-state index >= 15 is 0 Å². The molecule has 1 aromatic heterocycles. The molecule has 1 unspecified atom stereocenters. The van der Waals surface area contributed by atoms with Crippen LogP contribution in [0.4, 0.5) is 10.1 Å². The lowest BCUT2D eigenvalue weighted by Gasteiger charge is -2.25. The van der Waals surface area contributed by atoms with Gasteiger partial charge in [-0.25, -0.2) is 4.39 Å². The van der Waals surface area contributed by atoms with Gasteiger partial charge < -0.3 is 13.9 Å². The van der Waals surface area contributed by atoms with Gasteiger partial charge in [-0.1, -0.05) is 30.3 Å². The van der Waals surface area contributed by atoms with E-state index in [-0.39, 0.29) is 22.3 Å². The van der Waals surface area contributed by atoms with E-state index in [1.54, 1.807) is 42.5 Å². The lowest BCUT2D eigenvalue weighted by atomic mass is 9.98. The van der Waals surface area contributed by atoms with Gasteiger partial charge in [0.1, 0.15) is 28.6 Å². The van der Waals surface area contributed by atoms with Crippen molar-refractivity contribution in [1.82, 2.24) is 0 Å². The van der Waals surface area contributed by atoms with Crippen LogP contribution < -0.4 is 19.8 Å². The van der Waals surface area contributed by atoms with Gasteiger partial charge in [-0.3, -0.25) is 14.5 Å². The highest BCUT2D eigenvalue weighted by Crippen LogP contribution is 2.42. The zero-order valence-electron chi connectivity index (χ0n) is 20.4. The van der Waals surface area contributed by atoms with Crippen LogP contribution in [-0.2, 0) is 0 Å². The SMILES string of the molecule is CCOc1ccc(N2C(=O)c3oc4ccc(F)cc4c(=O)c3C2c2cccc(Oc3ccccc3)c2)cc1. The molecule has 0 spiro atoms. The third-order valence-electron chi connectivity index (χ3n) is 6.41. The van der Waals surface area contributed by atoms with Crippen molar-refractivity contribution in [3.05, 3.63) is 130 Å². The number of carbonyl (C=O) groups excluding carboxylic acids is 1. The highest BCUT2D eigenvalue weighted by atomic mass is 19.1. The van der Waals surface area contributed by atoms with Crippen LogP contribution in [-0.4, -0.2) is 12.5 Å². The maximum Gasteiger partial charge on any atom is 0.295 e. The van der Waals surface area contributed by atoms with Crippen LogP contribution in [0.15, 0.2) is 106 Å². The van der Waals surface area contributed by atoms with E-state index < -0.39 is 23.2 Å². The summed E-state index contributed by atoms with van der Waals surface area (Å²) in [4.78, 5) is 29.0. The van der Waals surface area contributed by atoms with Crippen molar-refractivity contribution in [2.75, 3.05) is 11.5 Å². The van der Waals surface area contributed by atoms with E-state index in [1.165, 1.54) is 17.0 Å². The minimum Gasteiger partial charge on any atom is -0.494 e. The number of nitrogens with zero attached hydrogens (tertiary/aromatic N) is 1. The van der Waals surface area contributed by atoms with E-state index in [9.17, 15) is 14.0 Å². The highest BCUT2D eigenvalue weighted by molar-refractivity contribution is 6.10. The third-order valence-corrected chi connectivity index (χ3v) is 6.41. The molecule has 5 aromatic rings. The molecule has 4 aromatic carbocycles. The summed E-state index contributed by atoms with van der Waals surface area (Å²) >= 11 is 0. The molecular weight excluding hydrogens is 485 g/mol. The van der Waals surface area contributed by atoms with Crippen molar-refractivity contribution in [3.8, 4) is 17.2 Å². The van der Waals surface area contributed by atoms with E-state index in [0.717, 1.165) is 6.07 Å². The molecule has 0 saturated heterocycles. The van der Waals surface area contributed by atoms with Gasteiger partial charge in [0.2, 0.25) is 5.76 Å². The Bertz CT molecular complexity index is 1710. The standard InChI is InChI=1S/C31H22FNO5/c1-2-36-22-14-12-21(13-15-22)33-28(19-7-6-10-24(17-19)37-23-8-4-3-5-9-23)27-29(34)25-18-20(32)11-16-26(25)38-30(27)31(33)35/h3-18,28H,2H2,1H3. The largest absolute Gasteiger partial charge is 0.494 e. The Kier molecular flexibility index (Phi) is 5.88. The first-order valence-corrected chi connectivity index (χ1v) is 12.2. The lowest BCUT2D eigenvalue weighted by Crippen LogP contribution is -2.29. The number of hydrogen-bond acceptors (Lipinski definition) is 5. The first kappa shape index (κ1) is 23.5. The summed E-state index contributed by atoms with van der Waals surface area (Å²) in [7, 11) is 0. The molecule has 0 saturated carbocycles. The normalized spacial score (nSPS) is 14.5. The van der Waals surface area contributed by atoms with E-state index in [2.05, 4.69) is 0 Å². The predicted molar refractivity (Wildman–Crippen MR) is 142 cm³/mol. The Morgan fingerprint density at radius 2 is 1.61 bits per heavy atom. The number of para-hydroxylation sites is 1. The molecule has 1 aliphatic rings. The number of anilines is 1. The maximum absolute atomic E-state index is 14.1. The monoisotopic (exact) mass is 507 g/mol. The number of fused-ring (bicyclic) bond motifs is 2. The minimum absolute atomic E-state index is 0.0672. The van der Waals surface area contributed by atoms with Crippen molar-refractivity contribution in [1.29, 1.82) is 0 Å². The number of ether oxygens (including phenoxy) is 2. The molecule has 6 rings (SSSR count). The second-order valence-electron chi connectivity index (χ2n) is 8.81. The molecule has 1 aliphatic heterocycles. The molecule has 0 N–H and O–H groups in total. The van der Waals surface area contributed by atoms with Crippen LogP contribution in [0.25, 0.3) is 11.0 Å². The van der Waals surface area contributed by atoms with E-state index in [1.807, 2.05) is 43.3 Å². The zero-order chi connectivity index (χ0) is 26.2. The van der Waals surface area contributed by atoms with Crippen molar-refractivity contribution in [3.63, 3.8) is 0 Å². The molecule has 1 atom stereocenters. The van der Waals surface area contributed by atoms with Gasteiger partial charge in [-0.15, -0.1) is 0 Å². The van der Waals surface area contributed by atoms with E-state index in [4.69, 9.17) is 13.9 Å². The van der Waals surface area contributed by atoms with Gasteiger partial charge >= 0.3 is 0 Å². The Labute approximate surface area is 217 Å². The van der Waals surface area contributed by atoms with Crippen LogP contribution in [0.2, 0.25) is 0 Å². The fourth-order valence-corrected chi connectivity index (χ4v) is 4.77. The van der Waals surface area contributed by atoms with Gasteiger partial charge in [0.15, 0.2) is 5.43 Å². The second-order valence-corrected chi connectivity index (χ2v) is 8.81. The summed E-state index contributed by atoms with van der Waals surface area (Å²) in [6.07, 6.45) is 0. The van der Waals surface area contributed by atoms with Gasteiger partial charge in [0.05, 0.1) is 23.6 Å². The average Bonchev–Trinajstić information content (AvgIpc) is 3.23. The lowest BCUT2D eigenvalue weighted by molar-refractivity contribution is 0.0971. The Hall–Kier alpha value is -4.91. The van der Waals surface area contributed by atoms with Crippen molar-refractivity contribution in [2.24, 2.45) is 0 Å². The molecule has 1 amide bonds. The highest BCUT2D eigenvalue weighted by Gasteiger charge is 2.43. The maximum atomic E-state index is 14.1. The first-order valence-electron chi connectivity index (χ1n) is 12.2. The molecule has 0 fully saturated rings. The molecule has 2 heterocycles. The number of benzene rings is 4. The quantitative estimate of drug-likeness (QED) is 0.251. The van der Waals surface area contributed by atoms with Crippen molar-refractivity contribution in [2.45, 2.75) is 13.0 Å². The molecule has 7 heteroatoms. The molecule has 188 valence electrons. The van der Waals surface area contributed by atoms with Crippen LogP contribution in [0.1, 0.15) is 34.6 Å². The van der Waals surface area contributed by atoms with E-state index in [0.29, 0.717) is 35.1 Å². The van der Waals surface area contributed by atoms with Crippen molar-refractivity contribution >= 4 is 22.6 Å². The number of rotatable bonds is 6. The predicted octanol–water partition coefficient (Wildman–Crippen LogP) is 6.87. The van der Waals surface area contributed by atoms with Gasteiger partial charge in [0, 0.05) is 5.69 Å². The first-order chi connectivity index (χ1) is 18.5. The van der Waals surface area contributed by atoms with Gasteiger partial charge in [0.25, 0.3) is 5.91 Å². The number of halogens is 1. The topological polar surface area (TPSA) is 69.0 Å². The summed E-state index contributed by atoms with van der Waals surface area (Å²) in [6.45, 7) is 2.39. The third kappa shape index (κ3) is 4.08. The molecule has 6 nitrogen and oxygen atoms in total. The molecule has 0 bridgehead atoms. The van der Waals surface area contributed by atoms with Gasteiger partial charge in [-0.2, -0.15) is 0 Å². The van der Waals surface area contributed by atoms with Gasteiger partial charge in [-0.05, 0) is 79.2 Å². The zero-order valence-corrected chi connectivity index (χ0v) is 20.4. The average molecular weight is 508 g/mol. The fraction of sp³-hybridized carbons (Fsp3) is 0.0968. The summed E-state index contributed by atoms with van der Waals surface area (Å²) in [6, 6.07) is 26.4. The number of carbonyl (C=O) groups is 1. The van der Waals surface area contributed by atoms with Crippen molar-refractivity contribution < 1.29 is 23.1 Å². The van der Waals surface area contributed by atoms with Crippen LogP contribution >= 0.6 is 0 Å². The Morgan fingerprint density at radius 3 is 2.37 bits per heavy atom. The fourth-order valence-electron chi connectivity index (χ4n) is 4.77. The molecular formula is C31H22FNO5. The summed E-state index contributed by atoms with van der Waals surface area (Å²) in [5, 5.41) is 0.0757. The Morgan fingerprint density at radius 1 is 0.842 bits per heavy atom. The minimum atomic E-state index is -0.821. The summed E-state index contributed by atoms with van der Waals surface area (Å²) < 4.78 is 31.6. The smallest absolute Gasteiger partial charge is 0.295 e. The summed E-state index contributed by atoms with van der Waals surface area (Å²) in [5.41, 5.74) is 1.04. The van der Waals surface area contributed by atoms with Crippen LogP contribution in [0.3, 0.4) is 0 Å². The molecule has 38 heavy (non-hydrogen) atoms. The number of amides is 1. The Balaban J connectivity index is 1.53. The molecule has 0 radical (unpaired) electrons.